The summed E-state index contributed by atoms with van der Waals surface area (Å²) in [5.41, 5.74) is -0.0671. The second-order valence-electron chi connectivity index (χ2n) is 1.82. The molecule has 0 aliphatic rings. The first kappa shape index (κ1) is 10.6. The first-order valence-corrected chi connectivity index (χ1v) is 2.73. The number of carbonyl (C=O) groups is 1. The number of hydrogen-bond donors (Lipinski definition) is 2. The van der Waals surface area contributed by atoms with Gasteiger partial charge in [-0.25, -0.2) is 4.79 Å². The van der Waals surface area contributed by atoms with Gasteiger partial charge in [0.05, 0.1) is 0 Å². The number of para-hydroxylation sites is 1. The molecule has 55 valence electrons. The first-order chi connectivity index (χ1) is 4.72. The van der Waals surface area contributed by atoms with Crippen LogP contribution in [0.4, 0.5) is 0 Å². The molecule has 0 atom stereocenters. The molecule has 0 amide bonds. The van der Waals surface area contributed by atoms with Crippen molar-refractivity contribution in [3.05, 3.63) is 29.8 Å². The van der Waals surface area contributed by atoms with Crippen LogP contribution in [0.5, 0.6) is 5.75 Å². The summed E-state index contributed by atoms with van der Waals surface area (Å²) in [6.45, 7) is 0. The van der Waals surface area contributed by atoms with E-state index in [1.54, 1.807) is 12.1 Å². The molecule has 0 aliphatic heterocycles. The molecule has 4 heteroatoms. The van der Waals surface area contributed by atoms with Crippen molar-refractivity contribution in [2.24, 2.45) is 0 Å². The number of carboxylic acids is 1. The van der Waals surface area contributed by atoms with Crippen molar-refractivity contribution in [3.63, 3.8) is 0 Å². The smallest absolute Gasteiger partial charge is 0.339 e. The van der Waals surface area contributed by atoms with Gasteiger partial charge in [-0.1, -0.05) is 12.1 Å². The molecule has 0 aromatic heterocycles. The third-order valence-corrected chi connectivity index (χ3v) is 1.13. The predicted molar refractivity (Wildman–Crippen MR) is 35.1 cm³/mol. The molecular weight excluding hydrogens is 221 g/mol. The van der Waals surface area contributed by atoms with Crippen LogP contribution in [0.15, 0.2) is 24.3 Å². The van der Waals surface area contributed by atoms with E-state index in [1.807, 2.05) is 0 Å². The monoisotopic (exact) mass is 227 g/mol. The van der Waals surface area contributed by atoms with Gasteiger partial charge in [-0.2, -0.15) is 0 Å². The van der Waals surface area contributed by atoms with E-state index in [2.05, 4.69) is 0 Å². The normalized spacial score (nSPS) is 8.36. The Morgan fingerprint density at radius 2 is 1.82 bits per heavy atom. The molecule has 2 N–H and O–H groups in total. The van der Waals surface area contributed by atoms with E-state index < -0.39 is 5.97 Å². The number of phenols is 1. The molecule has 3 nitrogen and oxygen atoms in total. The van der Waals surface area contributed by atoms with Gasteiger partial charge >= 0.3 is 5.97 Å². The molecule has 11 heavy (non-hydrogen) atoms. The molecule has 0 saturated heterocycles. The quantitative estimate of drug-likeness (QED) is 0.754. The van der Waals surface area contributed by atoms with Crippen LogP contribution in [0, 0.1) is 0 Å². The van der Waals surface area contributed by atoms with Crippen LogP contribution in [0.25, 0.3) is 0 Å². The predicted octanol–water partition coefficient (Wildman–Crippen LogP) is 1.09. The zero-order valence-corrected chi connectivity index (χ0v) is 8.53. The molecule has 0 bridgehead atoms. The van der Waals surface area contributed by atoms with E-state index in [-0.39, 0.29) is 44.0 Å². The van der Waals surface area contributed by atoms with E-state index in [0.717, 1.165) is 0 Å². The molecule has 0 spiro atoms. The van der Waals surface area contributed by atoms with Crippen LogP contribution in [-0.2, 0) is 32.7 Å². The SMILES string of the molecule is O=C(O)c1ccccc1O.[Y]. The topological polar surface area (TPSA) is 57.5 Å². The summed E-state index contributed by atoms with van der Waals surface area (Å²) in [5, 5.41) is 17.3. The average molecular weight is 227 g/mol. The second-order valence-corrected chi connectivity index (χ2v) is 1.82. The molecule has 0 aliphatic carbocycles. The number of aromatic carboxylic acids is 1. The minimum Gasteiger partial charge on any atom is -0.507 e. The Morgan fingerprint density at radius 1 is 1.27 bits per heavy atom. The fourth-order valence-corrected chi connectivity index (χ4v) is 0.654. The fourth-order valence-electron chi connectivity index (χ4n) is 0.654. The van der Waals surface area contributed by atoms with Crippen molar-refractivity contribution >= 4 is 5.97 Å². The van der Waals surface area contributed by atoms with Gasteiger partial charge < -0.3 is 10.2 Å². The molecule has 1 radical (unpaired) electrons. The Morgan fingerprint density at radius 3 is 2.18 bits per heavy atom. The number of carboxylic acid groups (broad SMARTS) is 1. The van der Waals surface area contributed by atoms with Crippen LogP contribution >= 0.6 is 0 Å². The fraction of sp³-hybridized carbons (Fsp3) is 0. The molecular formula is C7H6O3Y. The van der Waals surface area contributed by atoms with Crippen molar-refractivity contribution in [1.82, 2.24) is 0 Å². The van der Waals surface area contributed by atoms with Crippen molar-refractivity contribution < 1.29 is 47.7 Å². The summed E-state index contributed by atoms with van der Waals surface area (Å²) in [6, 6.07) is 5.81. The van der Waals surface area contributed by atoms with E-state index in [4.69, 9.17) is 10.2 Å². The van der Waals surface area contributed by atoms with Gasteiger partial charge in [-0.3, -0.25) is 0 Å². The molecule has 1 aromatic carbocycles. The average Bonchev–Trinajstić information content (AvgIpc) is 1.88. The van der Waals surface area contributed by atoms with Crippen molar-refractivity contribution in [3.8, 4) is 5.75 Å². The van der Waals surface area contributed by atoms with Crippen molar-refractivity contribution in [2.75, 3.05) is 0 Å². The summed E-state index contributed by atoms with van der Waals surface area (Å²) < 4.78 is 0. The van der Waals surface area contributed by atoms with Gasteiger partial charge in [0.1, 0.15) is 11.3 Å². The Balaban J connectivity index is 0.000001000. The largest absolute Gasteiger partial charge is 0.507 e. The van der Waals surface area contributed by atoms with Crippen LogP contribution in [0.2, 0.25) is 0 Å². The van der Waals surface area contributed by atoms with E-state index in [1.165, 1.54) is 12.1 Å². The number of benzene rings is 1. The van der Waals surface area contributed by atoms with Gasteiger partial charge in [-0.15, -0.1) is 0 Å². The standard InChI is InChI=1S/C7H6O3.Y/c8-6-4-2-1-3-5(6)7(9)10;/h1-4,8H,(H,9,10);. The van der Waals surface area contributed by atoms with Gasteiger partial charge in [0.25, 0.3) is 0 Å². The first-order valence-electron chi connectivity index (χ1n) is 2.73. The van der Waals surface area contributed by atoms with Crippen LogP contribution < -0.4 is 0 Å². The van der Waals surface area contributed by atoms with Gasteiger partial charge in [0.2, 0.25) is 0 Å². The Labute approximate surface area is 88.9 Å². The van der Waals surface area contributed by atoms with E-state index in [0.29, 0.717) is 0 Å². The van der Waals surface area contributed by atoms with Crippen LogP contribution in [0.3, 0.4) is 0 Å². The maximum absolute atomic E-state index is 10.3. The maximum Gasteiger partial charge on any atom is 0.339 e. The van der Waals surface area contributed by atoms with Crippen molar-refractivity contribution in [2.45, 2.75) is 0 Å². The molecule has 0 heterocycles. The molecule has 0 unspecified atom stereocenters. The Bertz CT molecular complexity index is 260. The number of aromatic hydroxyl groups is 1. The Hall–Kier alpha value is -0.406. The third-order valence-electron chi connectivity index (χ3n) is 1.13. The number of hydrogen-bond acceptors (Lipinski definition) is 2. The van der Waals surface area contributed by atoms with Gasteiger partial charge in [0, 0.05) is 32.7 Å². The summed E-state index contributed by atoms with van der Waals surface area (Å²) in [7, 11) is 0. The summed E-state index contributed by atoms with van der Waals surface area (Å²) in [6.07, 6.45) is 0. The van der Waals surface area contributed by atoms with Crippen LogP contribution in [-0.4, -0.2) is 16.2 Å². The maximum atomic E-state index is 10.3. The van der Waals surface area contributed by atoms with E-state index >= 15 is 0 Å². The molecule has 0 fully saturated rings. The summed E-state index contributed by atoms with van der Waals surface area (Å²) in [5.74, 6) is -1.31. The van der Waals surface area contributed by atoms with E-state index in [9.17, 15) is 4.79 Å². The van der Waals surface area contributed by atoms with Gasteiger partial charge in [0.15, 0.2) is 0 Å². The summed E-state index contributed by atoms with van der Waals surface area (Å²) >= 11 is 0. The van der Waals surface area contributed by atoms with Gasteiger partial charge in [-0.05, 0) is 12.1 Å². The molecule has 1 aromatic rings. The minimum atomic E-state index is -1.11. The third kappa shape index (κ3) is 2.60. The summed E-state index contributed by atoms with van der Waals surface area (Å²) in [4.78, 5) is 10.3. The molecule has 0 saturated carbocycles. The minimum absolute atomic E-state index is 0. The molecule has 1 rings (SSSR count). The van der Waals surface area contributed by atoms with Crippen LogP contribution in [0.1, 0.15) is 10.4 Å². The van der Waals surface area contributed by atoms with Crippen molar-refractivity contribution in [1.29, 1.82) is 0 Å². The zero-order chi connectivity index (χ0) is 7.56. The number of rotatable bonds is 1. The second kappa shape index (κ2) is 4.47. The zero-order valence-electron chi connectivity index (χ0n) is 5.69. The Kier molecular flexibility index (Phi) is 4.30.